The van der Waals surface area contributed by atoms with Gasteiger partial charge in [0.2, 0.25) is 0 Å². The quantitative estimate of drug-likeness (QED) is 0.536. The topological polar surface area (TPSA) is 22.8 Å². The summed E-state index contributed by atoms with van der Waals surface area (Å²) < 4.78 is 4.65. The van der Waals surface area contributed by atoms with Crippen molar-refractivity contribution in [3.63, 3.8) is 0 Å². The highest BCUT2D eigenvalue weighted by Crippen LogP contribution is 2.30. The highest BCUT2D eigenvalue weighted by molar-refractivity contribution is 5.88. The van der Waals surface area contributed by atoms with Gasteiger partial charge < -0.3 is 9.13 Å². The van der Waals surface area contributed by atoms with Crippen LogP contribution in [0.15, 0.2) is 54.6 Å². The number of aryl methyl sites for hydroxylation is 2. The number of aromatic nitrogens is 3. The molecule has 0 fully saturated rings. The molecule has 4 aromatic rings. The minimum atomic E-state index is 0.918. The maximum atomic E-state index is 4.90. The van der Waals surface area contributed by atoms with Crippen LogP contribution in [0, 0.1) is 0 Å². The van der Waals surface area contributed by atoms with Crippen molar-refractivity contribution < 1.29 is 0 Å². The Balaban J connectivity index is 2.07. The van der Waals surface area contributed by atoms with E-state index >= 15 is 0 Å². The van der Waals surface area contributed by atoms with Crippen LogP contribution in [0.3, 0.4) is 0 Å². The molecule has 0 amide bonds. The van der Waals surface area contributed by atoms with Gasteiger partial charge >= 0.3 is 0 Å². The minimum absolute atomic E-state index is 0.918. The van der Waals surface area contributed by atoms with Gasteiger partial charge in [0.05, 0.1) is 16.7 Å². The number of nitrogens with zero attached hydrogens (tertiary/aromatic N) is 3. The minimum Gasteiger partial charge on any atom is -0.338 e. The molecule has 0 bridgehead atoms. The Kier molecular flexibility index (Phi) is 3.00. The molecule has 0 saturated carbocycles. The normalized spacial score (nSPS) is 11.5. The summed E-state index contributed by atoms with van der Waals surface area (Å²) in [5.74, 6) is 1.06. The highest BCUT2D eigenvalue weighted by atomic mass is 15.1. The van der Waals surface area contributed by atoms with Gasteiger partial charge in [-0.2, -0.15) is 0 Å². The molecule has 2 aromatic carbocycles. The van der Waals surface area contributed by atoms with E-state index in [1.54, 1.807) is 0 Å². The fourth-order valence-corrected chi connectivity index (χ4v) is 3.33. The van der Waals surface area contributed by atoms with E-state index in [4.69, 9.17) is 4.98 Å². The third-order valence-electron chi connectivity index (χ3n) is 4.33. The molecule has 0 aliphatic carbocycles. The van der Waals surface area contributed by atoms with Crippen LogP contribution >= 0.6 is 0 Å². The number of hydrogen-bond acceptors (Lipinski definition) is 1. The fraction of sp³-hybridized carbons (Fsp3) is 0.211. The molecule has 0 atom stereocenters. The first kappa shape index (κ1) is 13.1. The SMILES string of the molecule is CCn1c(-c2nc3ccccc3n2CC)cc2ccccc21. The van der Waals surface area contributed by atoms with Gasteiger partial charge in [-0.25, -0.2) is 4.98 Å². The molecule has 2 aromatic heterocycles. The molecular weight excluding hydrogens is 270 g/mol. The highest BCUT2D eigenvalue weighted by Gasteiger charge is 2.16. The molecule has 110 valence electrons. The standard InChI is InChI=1S/C19H19N3/c1-3-21-16-11-7-5-9-14(16)13-18(21)19-20-15-10-6-8-12-17(15)22(19)4-2/h5-13H,3-4H2,1-2H3. The van der Waals surface area contributed by atoms with Crippen molar-refractivity contribution in [2.24, 2.45) is 0 Å². The van der Waals surface area contributed by atoms with E-state index in [0.717, 1.165) is 24.4 Å². The Bertz CT molecular complexity index is 879. The molecular formula is C19H19N3. The maximum absolute atomic E-state index is 4.90. The van der Waals surface area contributed by atoms with Crippen molar-refractivity contribution >= 4 is 21.9 Å². The Morgan fingerprint density at radius 3 is 2.27 bits per heavy atom. The lowest BCUT2D eigenvalue weighted by atomic mass is 10.2. The molecule has 0 aliphatic heterocycles. The molecule has 0 N–H and O–H groups in total. The maximum Gasteiger partial charge on any atom is 0.157 e. The molecule has 3 heteroatoms. The number of fused-ring (bicyclic) bond motifs is 2. The van der Waals surface area contributed by atoms with Gasteiger partial charge in [0, 0.05) is 24.0 Å². The van der Waals surface area contributed by atoms with E-state index in [1.807, 2.05) is 0 Å². The van der Waals surface area contributed by atoms with Crippen molar-refractivity contribution in [3.05, 3.63) is 54.6 Å². The predicted molar refractivity (Wildman–Crippen MR) is 92.0 cm³/mol. The molecule has 0 spiro atoms. The third kappa shape index (κ3) is 1.78. The van der Waals surface area contributed by atoms with E-state index in [9.17, 15) is 0 Å². The summed E-state index contributed by atoms with van der Waals surface area (Å²) in [6.45, 7) is 6.22. The van der Waals surface area contributed by atoms with Crippen molar-refractivity contribution in [1.29, 1.82) is 0 Å². The summed E-state index contributed by atoms with van der Waals surface area (Å²) in [5, 5.41) is 1.27. The van der Waals surface area contributed by atoms with Crippen LogP contribution in [0.1, 0.15) is 13.8 Å². The van der Waals surface area contributed by atoms with Crippen LogP contribution in [0.2, 0.25) is 0 Å². The smallest absolute Gasteiger partial charge is 0.157 e. The van der Waals surface area contributed by atoms with Gasteiger partial charge in [-0.3, -0.25) is 0 Å². The van der Waals surface area contributed by atoms with E-state index < -0.39 is 0 Å². The number of hydrogen-bond donors (Lipinski definition) is 0. The molecule has 0 aliphatic rings. The number of rotatable bonds is 3. The zero-order valence-electron chi connectivity index (χ0n) is 13.0. The van der Waals surface area contributed by atoms with Crippen LogP contribution in [-0.2, 0) is 13.1 Å². The fourth-order valence-electron chi connectivity index (χ4n) is 3.33. The Labute approximate surface area is 129 Å². The molecule has 3 nitrogen and oxygen atoms in total. The van der Waals surface area contributed by atoms with Crippen molar-refractivity contribution in [1.82, 2.24) is 14.1 Å². The van der Waals surface area contributed by atoms with Gasteiger partial charge in [-0.15, -0.1) is 0 Å². The number of para-hydroxylation sites is 3. The zero-order chi connectivity index (χ0) is 15.1. The summed E-state index contributed by atoms with van der Waals surface area (Å²) in [5.41, 5.74) is 4.73. The van der Waals surface area contributed by atoms with Crippen molar-refractivity contribution in [3.8, 4) is 11.5 Å². The first-order chi connectivity index (χ1) is 10.8. The monoisotopic (exact) mass is 289 g/mol. The molecule has 0 unspecified atom stereocenters. The first-order valence-corrected chi connectivity index (χ1v) is 7.87. The van der Waals surface area contributed by atoms with Crippen LogP contribution in [0.4, 0.5) is 0 Å². The van der Waals surface area contributed by atoms with E-state index in [-0.39, 0.29) is 0 Å². The number of imidazole rings is 1. The Morgan fingerprint density at radius 2 is 1.50 bits per heavy atom. The largest absolute Gasteiger partial charge is 0.338 e. The van der Waals surface area contributed by atoms with Gasteiger partial charge in [0.1, 0.15) is 0 Å². The molecule has 4 rings (SSSR count). The zero-order valence-corrected chi connectivity index (χ0v) is 13.0. The molecule has 2 heterocycles. The van der Waals surface area contributed by atoms with Gasteiger partial charge in [0.25, 0.3) is 0 Å². The lowest BCUT2D eigenvalue weighted by Gasteiger charge is -2.09. The van der Waals surface area contributed by atoms with Crippen molar-refractivity contribution in [2.45, 2.75) is 26.9 Å². The summed E-state index contributed by atoms with van der Waals surface area (Å²) in [4.78, 5) is 4.90. The Morgan fingerprint density at radius 1 is 0.818 bits per heavy atom. The average molecular weight is 289 g/mol. The average Bonchev–Trinajstić information content (AvgIpc) is 3.12. The van der Waals surface area contributed by atoms with Crippen molar-refractivity contribution in [2.75, 3.05) is 0 Å². The van der Waals surface area contributed by atoms with Gasteiger partial charge in [-0.1, -0.05) is 30.3 Å². The second-order valence-corrected chi connectivity index (χ2v) is 5.50. The predicted octanol–water partition coefficient (Wildman–Crippen LogP) is 4.70. The summed E-state index contributed by atoms with van der Waals surface area (Å²) in [6.07, 6.45) is 0. The Hall–Kier alpha value is -2.55. The van der Waals surface area contributed by atoms with Crippen LogP contribution in [-0.4, -0.2) is 14.1 Å². The molecule has 0 saturated heterocycles. The van der Waals surface area contributed by atoms with Crippen LogP contribution in [0.5, 0.6) is 0 Å². The van der Waals surface area contributed by atoms with Gasteiger partial charge in [0.15, 0.2) is 5.82 Å². The summed E-state index contributed by atoms with van der Waals surface area (Å²) >= 11 is 0. The lowest BCUT2D eigenvalue weighted by Crippen LogP contribution is -2.03. The summed E-state index contributed by atoms with van der Waals surface area (Å²) in [7, 11) is 0. The number of benzene rings is 2. The first-order valence-electron chi connectivity index (χ1n) is 7.87. The second-order valence-electron chi connectivity index (χ2n) is 5.50. The van der Waals surface area contributed by atoms with Gasteiger partial charge in [-0.05, 0) is 38.1 Å². The lowest BCUT2D eigenvalue weighted by molar-refractivity contribution is 0.760. The second kappa shape index (κ2) is 5.02. The van der Waals surface area contributed by atoms with Crippen LogP contribution in [0.25, 0.3) is 33.5 Å². The van der Waals surface area contributed by atoms with E-state index in [0.29, 0.717) is 0 Å². The third-order valence-corrected chi connectivity index (χ3v) is 4.33. The van der Waals surface area contributed by atoms with E-state index in [2.05, 4.69) is 77.6 Å². The molecule has 22 heavy (non-hydrogen) atoms. The van der Waals surface area contributed by atoms with Crippen LogP contribution < -0.4 is 0 Å². The summed E-state index contributed by atoms with van der Waals surface area (Å²) in [6, 6.07) is 19.2. The van der Waals surface area contributed by atoms with E-state index in [1.165, 1.54) is 22.1 Å². The molecule has 0 radical (unpaired) electrons.